The number of phenols is 1. The Bertz CT molecular complexity index is 650. The van der Waals surface area contributed by atoms with Crippen molar-refractivity contribution >= 4 is 22.6 Å². The fourth-order valence-corrected chi connectivity index (χ4v) is 1.78. The molecule has 0 radical (unpaired) electrons. The van der Waals surface area contributed by atoms with Crippen molar-refractivity contribution in [1.82, 2.24) is 5.43 Å². The van der Waals surface area contributed by atoms with E-state index in [1.54, 1.807) is 13.0 Å². The van der Waals surface area contributed by atoms with Crippen molar-refractivity contribution < 1.29 is 14.6 Å². The van der Waals surface area contributed by atoms with E-state index in [9.17, 15) is 9.90 Å². The van der Waals surface area contributed by atoms with Gasteiger partial charge < -0.3 is 9.84 Å². The first-order valence-electron chi connectivity index (χ1n) is 5.73. The molecular weight excluding hydrogens is 244 g/mol. The lowest BCUT2D eigenvalue weighted by Gasteiger charge is -2.07. The molecule has 2 aromatic rings. The Morgan fingerprint density at radius 3 is 2.74 bits per heavy atom. The van der Waals surface area contributed by atoms with E-state index in [1.807, 2.05) is 30.3 Å². The molecule has 0 aliphatic heterocycles. The SMILES string of the molecule is COC(=O)NN=C(C)c1ccc2ccccc2c1O. The van der Waals surface area contributed by atoms with Crippen LogP contribution in [0.3, 0.4) is 0 Å². The van der Waals surface area contributed by atoms with Gasteiger partial charge >= 0.3 is 6.09 Å². The number of carbonyl (C=O) groups excluding carboxylic acids is 1. The maximum absolute atomic E-state index is 10.9. The standard InChI is InChI=1S/C14H14N2O3/c1-9(15-16-14(18)19-2)11-8-7-10-5-3-4-6-12(10)13(11)17/h3-8,17H,1-2H3,(H,16,18). The van der Waals surface area contributed by atoms with Crippen LogP contribution < -0.4 is 5.43 Å². The summed E-state index contributed by atoms with van der Waals surface area (Å²) in [5, 5.41) is 15.8. The number of aromatic hydroxyl groups is 1. The zero-order valence-corrected chi connectivity index (χ0v) is 10.7. The summed E-state index contributed by atoms with van der Waals surface area (Å²) in [5.74, 6) is 0.144. The molecule has 2 aromatic carbocycles. The van der Waals surface area contributed by atoms with Crippen molar-refractivity contribution in [2.75, 3.05) is 7.11 Å². The highest BCUT2D eigenvalue weighted by atomic mass is 16.5. The Balaban J connectivity index is 2.40. The van der Waals surface area contributed by atoms with Gasteiger partial charge in [-0.1, -0.05) is 30.3 Å². The summed E-state index contributed by atoms with van der Waals surface area (Å²) in [5.41, 5.74) is 3.28. The average molecular weight is 258 g/mol. The van der Waals surface area contributed by atoms with Crippen LogP contribution in [0.2, 0.25) is 0 Å². The lowest BCUT2D eigenvalue weighted by Crippen LogP contribution is -2.18. The van der Waals surface area contributed by atoms with Gasteiger partial charge in [0.15, 0.2) is 0 Å². The fourth-order valence-electron chi connectivity index (χ4n) is 1.78. The van der Waals surface area contributed by atoms with Crippen molar-refractivity contribution in [3.63, 3.8) is 0 Å². The number of nitrogens with zero attached hydrogens (tertiary/aromatic N) is 1. The zero-order valence-electron chi connectivity index (χ0n) is 10.7. The summed E-state index contributed by atoms with van der Waals surface area (Å²) in [6, 6.07) is 11.1. The lowest BCUT2D eigenvalue weighted by molar-refractivity contribution is 0.171. The van der Waals surface area contributed by atoms with Gasteiger partial charge in [0.25, 0.3) is 0 Å². The molecule has 0 fully saturated rings. The number of amides is 1. The summed E-state index contributed by atoms with van der Waals surface area (Å²) in [6.45, 7) is 1.69. The molecule has 98 valence electrons. The highest BCUT2D eigenvalue weighted by Crippen LogP contribution is 2.28. The molecule has 0 unspecified atom stereocenters. The number of fused-ring (bicyclic) bond motifs is 1. The van der Waals surface area contributed by atoms with Gasteiger partial charge in [-0.15, -0.1) is 0 Å². The summed E-state index contributed by atoms with van der Waals surface area (Å²) in [4.78, 5) is 10.9. The van der Waals surface area contributed by atoms with E-state index in [2.05, 4.69) is 15.3 Å². The van der Waals surface area contributed by atoms with Gasteiger partial charge in [-0.05, 0) is 18.4 Å². The topological polar surface area (TPSA) is 70.9 Å². The minimum atomic E-state index is -0.653. The van der Waals surface area contributed by atoms with Crippen LogP contribution in [0.1, 0.15) is 12.5 Å². The minimum Gasteiger partial charge on any atom is -0.507 e. The number of nitrogens with one attached hydrogen (secondary N) is 1. The highest BCUT2D eigenvalue weighted by Gasteiger charge is 2.09. The highest BCUT2D eigenvalue weighted by molar-refractivity contribution is 6.06. The third-order valence-corrected chi connectivity index (χ3v) is 2.79. The first-order chi connectivity index (χ1) is 9.13. The van der Waals surface area contributed by atoms with Gasteiger partial charge in [-0.2, -0.15) is 5.10 Å². The van der Waals surface area contributed by atoms with Gasteiger partial charge in [-0.25, -0.2) is 10.2 Å². The molecule has 0 spiro atoms. The molecule has 1 amide bonds. The monoisotopic (exact) mass is 258 g/mol. The Hall–Kier alpha value is -2.56. The molecule has 0 aliphatic rings. The molecule has 0 aromatic heterocycles. The van der Waals surface area contributed by atoms with E-state index >= 15 is 0 Å². The van der Waals surface area contributed by atoms with Gasteiger partial charge in [0.2, 0.25) is 0 Å². The van der Waals surface area contributed by atoms with E-state index < -0.39 is 6.09 Å². The summed E-state index contributed by atoms with van der Waals surface area (Å²) in [7, 11) is 1.26. The molecule has 5 nitrogen and oxygen atoms in total. The van der Waals surface area contributed by atoms with Crippen LogP contribution >= 0.6 is 0 Å². The number of rotatable bonds is 2. The average Bonchev–Trinajstić information content (AvgIpc) is 2.45. The van der Waals surface area contributed by atoms with Gasteiger partial charge in [0.05, 0.1) is 12.8 Å². The van der Waals surface area contributed by atoms with Gasteiger partial charge in [0, 0.05) is 10.9 Å². The van der Waals surface area contributed by atoms with Crippen molar-refractivity contribution in [2.45, 2.75) is 6.92 Å². The molecule has 2 rings (SSSR count). The van der Waals surface area contributed by atoms with Crippen molar-refractivity contribution in [3.8, 4) is 5.75 Å². The zero-order chi connectivity index (χ0) is 13.8. The van der Waals surface area contributed by atoms with Crippen LogP contribution in [0.4, 0.5) is 4.79 Å². The maximum atomic E-state index is 10.9. The van der Waals surface area contributed by atoms with E-state index in [1.165, 1.54) is 7.11 Å². The van der Waals surface area contributed by atoms with E-state index in [0.29, 0.717) is 11.3 Å². The largest absolute Gasteiger partial charge is 0.507 e. The third-order valence-electron chi connectivity index (χ3n) is 2.79. The molecule has 2 N–H and O–H groups in total. The lowest BCUT2D eigenvalue weighted by atomic mass is 10.0. The van der Waals surface area contributed by atoms with Crippen molar-refractivity contribution in [1.29, 1.82) is 0 Å². The molecule has 0 saturated carbocycles. The van der Waals surface area contributed by atoms with Crippen LogP contribution in [0, 0.1) is 0 Å². The van der Waals surface area contributed by atoms with Crippen LogP contribution in [0.5, 0.6) is 5.75 Å². The second kappa shape index (κ2) is 5.39. The molecule has 0 saturated heterocycles. The molecule has 0 bridgehead atoms. The number of ether oxygens (including phenoxy) is 1. The number of phenolic OH excluding ortho intramolecular Hbond substituents is 1. The Morgan fingerprint density at radius 2 is 2.00 bits per heavy atom. The molecule has 19 heavy (non-hydrogen) atoms. The van der Waals surface area contributed by atoms with E-state index in [-0.39, 0.29) is 5.75 Å². The van der Waals surface area contributed by atoms with Gasteiger partial charge in [-0.3, -0.25) is 0 Å². The summed E-state index contributed by atoms with van der Waals surface area (Å²) < 4.78 is 4.42. The number of hydrogen-bond donors (Lipinski definition) is 2. The van der Waals surface area contributed by atoms with E-state index in [0.717, 1.165) is 10.8 Å². The Morgan fingerprint density at radius 1 is 1.26 bits per heavy atom. The van der Waals surface area contributed by atoms with Crippen LogP contribution in [-0.2, 0) is 4.74 Å². The summed E-state index contributed by atoms with van der Waals surface area (Å²) >= 11 is 0. The minimum absolute atomic E-state index is 0.144. The quantitative estimate of drug-likeness (QED) is 0.642. The van der Waals surface area contributed by atoms with Crippen molar-refractivity contribution in [2.24, 2.45) is 5.10 Å². The first-order valence-corrected chi connectivity index (χ1v) is 5.73. The van der Waals surface area contributed by atoms with Crippen LogP contribution in [0.15, 0.2) is 41.5 Å². The summed E-state index contributed by atoms with van der Waals surface area (Å²) in [6.07, 6.45) is -0.653. The predicted octanol–water partition coefficient (Wildman–Crippen LogP) is 2.63. The molecular formula is C14H14N2O3. The molecule has 0 atom stereocenters. The smallest absolute Gasteiger partial charge is 0.427 e. The van der Waals surface area contributed by atoms with E-state index in [4.69, 9.17) is 0 Å². The number of carbonyl (C=O) groups is 1. The molecule has 5 heteroatoms. The third kappa shape index (κ3) is 2.65. The Kier molecular flexibility index (Phi) is 3.66. The second-order valence-electron chi connectivity index (χ2n) is 3.98. The normalized spacial score (nSPS) is 11.4. The van der Waals surface area contributed by atoms with Crippen LogP contribution in [0.25, 0.3) is 10.8 Å². The number of methoxy groups -OCH3 is 1. The second-order valence-corrected chi connectivity index (χ2v) is 3.98. The Labute approximate surface area is 110 Å². The molecule has 0 aliphatic carbocycles. The fraction of sp³-hybridized carbons (Fsp3) is 0.143. The van der Waals surface area contributed by atoms with Crippen molar-refractivity contribution in [3.05, 3.63) is 42.0 Å². The first kappa shape index (κ1) is 12.9. The maximum Gasteiger partial charge on any atom is 0.427 e. The predicted molar refractivity (Wildman–Crippen MR) is 73.4 cm³/mol. The number of hydrazone groups is 1. The molecule has 0 heterocycles. The van der Waals surface area contributed by atoms with Gasteiger partial charge in [0.1, 0.15) is 5.75 Å². The van der Waals surface area contributed by atoms with Crippen LogP contribution in [-0.4, -0.2) is 24.0 Å². The number of hydrogen-bond acceptors (Lipinski definition) is 4. The number of benzene rings is 2.